The molecule has 12 heavy (non-hydrogen) atoms. The van der Waals surface area contributed by atoms with Gasteiger partial charge < -0.3 is 5.32 Å². The first-order valence-electron chi connectivity index (χ1n) is 4.25. The van der Waals surface area contributed by atoms with Gasteiger partial charge in [0.15, 0.2) is 0 Å². The SMILES string of the molecule is CCCC(F)(F)C1CCNC1.Cl. The standard InChI is InChI=1S/C8H15F2N.ClH/c1-2-4-8(9,10)7-3-5-11-6-7;/h7,11H,2-6H2,1H3;1H. The number of hydrogen-bond donors (Lipinski definition) is 1. The van der Waals surface area contributed by atoms with Crippen LogP contribution in [0.5, 0.6) is 0 Å². The molecular formula is C8H16ClF2N. The summed E-state index contributed by atoms with van der Waals surface area (Å²) >= 11 is 0. The molecule has 1 atom stereocenters. The highest BCUT2D eigenvalue weighted by Crippen LogP contribution is 2.33. The minimum atomic E-state index is -2.43. The maximum Gasteiger partial charge on any atom is 0.252 e. The molecule has 1 fully saturated rings. The van der Waals surface area contributed by atoms with Gasteiger partial charge in [0.1, 0.15) is 0 Å². The van der Waals surface area contributed by atoms with Crippen molar-refractivity contribution >= 4 is 12.4 Å². The van der Waals surface area contributed by atoms with Crippen LogP contribution < -0.4 is 5.32 Å². The third kappa shape index (κ3) is 2.87. The van der Waals surface area contributed by atoms with Crippen LogP contribution in [0.3, 0.4) is 0 Å². The maximum atomic E-state index is 13.1. The number of alkyl halides is 2. The Morgan fingerprint density at radius 1 is 1.50 bits per heavy atom. The van der Waals surface area contributed by atoms with Crippen LogP contribution in [0.1, 0.15) is 26.2 Å². The van der Waals surface area contributed by atoms with E-state index in [0.29, 0.717) is 19.4 Å². The largest absolute Gasteiger partial charge is 0.316 e. The number of hydrogen-bond acceptors (Lipinski definition) is 1. The van der Waals surface area contributed by atoms with E-state index in [1.165, 1.54) is 0 Å². The van der Waals surface area contributed by atoms with Gasteiger partial charge in [-0.1, -0.05) is 13.3 Å². The highest BCUT2D eigenvalue weighted by molar-refractivity contribution is 5.85. The fourth-order valence-electron chi connectivity index (χ4n) is 1.55. The molecule has 1 N–H and O–H groups in total. The van der Waals surface area contributed by atoms with Crippen molar-refractivity contribution in [1.82, 2.24) is 5.32 Å². The van der Waals surface area contributed by atoms with E-state index in [1.807, 2.05) is 0 Å². The molecule has 1 nitrogen and oxygen atoms in total. The molecule has 1 unspecified atom stereocenters. The Bertz CT molecular complexity index is 124. The third-order valence-corrected chi connectivity index (χ3v) is 2.24. The first-order valence-corrected chi connectivity index (χ1v) is 4.25. The van der Waals surface area contributed by atoms with Gasteiger partial charge in [0.25, 0.3) is 5.92 Å². The summed E-state index contributed by atoms with van der Waals surface area (Å²) in [7, 11) is 0. The second-order valence-corrected chi connectivity index (χ2v) is 3.20. The van der Waals surface area contributed by atoms with Crippen LogP contribution in [0.25, 0.3) is 0 Å². The lowest BCUT2D eigenvalue weighted by molar-refractivity contribution is -0.0584. The Hall–Kier alpha value is 0.110. The van der Waals surface area contributed by atoms with Crippen molar-refractivity contribution in [2.45, 2.75) is 32.1 Å². The molecule has 0 amide bonds. The Morgan fingerprint density at radius 3 is 2.58 bits per heavy atom. The predicted molar refractivity (Wildman–Crippen MR) is 48.1 cm³/mol. The van der Waals surface area contributed by atoms with Gasteiger partial charge in [0, 0.05) is 18.9 Å². The van der Waals surface area contributed by atoms with Gasteiger partial charge in [0.05, 0.1) is 0 Å². The van der Waals surface area contributed by atoms with E-state index in [4.69, 9.17) is 0 Å². The van der Waals surface area contributed by atoms with Crippen molar-refractivity contribution in [1.29, 1.82) is 0 Å². The van der Waals surface area contributed by atoms with Crippen LogP contribution in [0.15, 0.2) is 0 Å². The number of rotatable bonds is 3. The first-order chi connectivity index (χ1) is 5.17. The molecule has 0 radical (unpaired) electrons. The fourth-order valence-corrected chi connectivity index (χ4v) is 1.55. The molecule has 1 rings (SSSR count). The molecule has 0 aromatic heterocycles. The highest BCUT2D eigenvalue weighted by Gasteiger charge is 2.39. The Balaban J connectivity index is 0.00000121. The van der Waals surface area contributed by atoms with Gasteiger partial charge in [-0.05, 0) is 13.0 Å². The monoisotopic (exact) mass is 199 g/mol. The average Bonchev–Trinajstić information content (AvgIpc) is 2.37. The number of halogens is 3. The summed E-state index contributed by atoms with van der Waals surface area (Å²) in [6, 6.07) is 0. The van der Waals surface area contributed by atoms with Crippen LogP contribution in [0, 0.1) is 5.92 Å². The topological polar surface area (TPSA) is 12.0 Å². The van der Waals surface area contributed by atoms with Gasteiger partial charge in [-0.15, -0.1) is 12.4 Å². The normalized spacial score (nSPS) is 23.8. The van der Waals surface area contributed by atoms with Crippen LogP contribution in [-0.2, 0) is 0 Å². The quantitative estimate of drug-likeness (QED) is 0.737. The van der Waals surface area contributed by atoms with Crippen molar-refractivity contribution < 1.29 is 8.78 Å². The van der Waals surface area contributed by atoms with Crippen LogP contribution in [0.2, 0.25) is 0 Å². The first kappa shape index (κ1) is 12.1. The van der Waals surface area contributed by atoms with Crippen molar-refractivity contribution in [2.24, 2.45) is 5.92 Å². The molecule has 4 heteroatoms. The summed E-state index contributed by atoms with van der Waals surface area (Å²) < 4.78 is 26.2. The van der Waals surface area contributed by atoms with E-state index in [9.17, 15) is 8.78 Å². The molecule has 0 aromatic rings. The van der Waals surface area contributed by atoms with Gasteiger partial charge >= 0.3 is 0 Å². The minimum absolute atomic E-state index is 0. The van der Waals surface area contributed by atoms with E-state index in [2.05, 4.69) is 5.32 Å². The van der Waals surface area contributed by atoms with E-state index in [0.717, 1.165) is 6.54 Å². The van der Waals surface area contributed by atoms with Gasteiger partial charge in [-0.2, -0.15) is 0 Å². The van der Waals surface area contributed by atoms with E-state index in [-0.39, 0.29) is 18.8 Å². The Kier molecular flexibility index (Phi) is 5.02. The summed E-state index contributed by atoms with van der Waals surface area (Å²) in [6.45, 7) is 3.05. The second kappa shape index (κ2) is 4.97. The maximum absolute atomic E-state index is 13.1. The van der Waals surface area contributed by atoms with Crippen molar-refractivity contribution in [3.8, 4) is 0 Å². The zero-order valence-electron chi connectivity index (χ0n) is 7.28. The highest BCUT2D eigenvalue weighted by atomic mass is 35.5. The third-order valence-electron chi connectivity index (χ3n) is 2.24. The average molecular weight is 200 g/mol. The molecule has 1 saturated heterocycles. The molecular weight excluding hydrogens is 184 g/mol. The van der Waals surface area contributed by atoms with Gasteiger partial charge in [0.2, 0.25) is 0 Å². The molecule has 0 spiro atoms. The van der Waals surface area contributed by atoms with Crippen LogP contribution in [-0.4, -0.2) is 19.0 Å². The summed E-state index contributed by atoms with van der Waals surface area (Å²) in [5.41, 5.74) is 0. The lowest BCUT2D eigenvalue weighted by Gasteiger charge is -2.21. The summed E-state index contributed by atoms with van der Waals surface area (Å²) in [5, 5.41) is 2.96. The second-order valence-electron chi connectivity index (χ2n) is 3.20. The lowest BCUT2D eigenvalue weighted by atomic mass is 9.97. The molecule has 0 aliphatic carbocycles. The van der Waals surface area contributed by atoms with Crippen molar-refractivity contribution in [3.05, 3.63) is 0 Å². The zero-order chi connectivity index (χ0) is 8.32. The van der Waals surface area contributed by atoms with Gasteiger partial charge in [-0.3, -0.25) is 0 Å². The van der Waals surface area contributed by atoms with Crippen LogP contribution in [0.4, 0.5) is 8.78 Å². The van der Waals surface area contributed by atoms with E-state index >= 15 is 0 Å². The van der Waals surface area contributed by atoms with E-state index in [1.54, 1.807) is 6.92 Å². The molecule has 1 aliphatic heterocycles. The Morgan fingerprint density at radius 2 is 2.17 bits per heavy atom. The molecule has 0 bridgehead atoms. The fraction of sp³-hybridized carbons (Fsp3) is 1.00. The van der Waals surface area contributed by atoms with Crippen molar-refractivity contribution in [3.63, 3.8) is 0 Å². The number of nitrogens with one attached hydrogen (secondary N) is 1. The predicted octanol–water partition coefficient (Wildman–Crippen LogP) is 2.45. The smallest absolute Gasteiger partial charge is 0.252 e. The summed E-state index contributed by atoms with van der Waals surface area (Å²) in [5.74, 6) is -2.85. The molecule has 0 aromatic carbocycles. The van der Waals surface area contributed by atoms with E-state index < -0.39 is 11.8 Å². The molecule has 74 valence electrons. The minimum Gasteiger partial charge on any atom is -0.316 e. The summed E-state index contributed by atoms with van der Waals surface area (Å²) in [4.78, 5) is 0. The summed E-state index contributed by atoms with van der Waals surface area (Å²) in [6.07, 6.45) is 1.25. The van der Waals surface area contributed by atoms with Gasteiger partial charge in [-0.25, -0.2) is 8.78 Å². The lowest BCUT2D eigenvalue weighted by Crippen LogP contribution is -2.29. The van der Waals surface area contributed by atoms with Crippen molar-refractivity contribution in [2.75, 3.05) is 13.1 Å². The Labute approximate surface area is 78.3 Å². The molecule has 1 aliphatic rings. The zero-order valence-corrected chi connectivity index (χ0v) is 8.09. The van der Waals surface area contributed by atoms with Crippen LogP contribution >= 0.6 is 12.4 Å². The molecule has 1 heterocycles. The molecule has 0 saturated carbocycles.